The second-order valence-electron chi connectivity index (χ2n) is 9.18. The molecule has 166 valence electrons. The molecule has 2 fully saturated rings. The van der Waals surface area contributed by atoms with Gasteiger partial charge in [-0.3, -0.25) is 14.6 Å². The summed E-state index contributed by atoms with van der Waals surface area (Å²) in [5, 5.41) is 3.20. The van der Waals surface area contributed by atoms with Gasteiger partial charge in [-0.2, -0.15) is 0 Å². The van der Waals surface area contributed by atoms with E-state index in [0.717, 1.165) is 65.2 Å². The zero-order chi connectivity index (χ0) is 21.5. The van der Waals surface area contributed by atoms with E-state index >= 15 is 0 Å². The Morgan fingerprint density at radius 1 is 0.871 bits per heavy atom. The van der Waals surface area contributed by atoms with Crippen LogP contribution in [0.25, 0.3) is 0 Å². The quantitative estimate of drug-likeness (QED) is 0.748. The fraction of sp³-hybridized carbons (Fsp3) is 0.500. The molecule has 2 heterocycles. The van der Waals surface area contributed by atoms with Crippen LogP contribution in [0.5, 0.6) is 0 Å². The Balaban J connectivity index is 1.25. The first-order chi connectivity index (χ1) is 15.2. The van der Waals surface area contributed by atoms with Crippen molar-refractivity contribution in [1.29, 1.82) is 0 Å². The number of nitrogens with zero attached hydrogens (tertiary/aromatic N) is 3. The fourth-order valence-electron chi connectivity index (χ4n) is 4.69. The summed E-state index contributed by atoms with van der Waals surface area (Å²) in [5.74, 6) is 0.285. The van der Waals surface area contributed by atoms with Gasteiger partial charge in [-0.05, 0) is 43.1 Å². The van der Waals surface area contributed by atoms with Crippen molar-refractivity contribution < 1.29 is 4.79 Å². The van der Waals surface area contributed by atoms with Crippen LogP contribution in [0.1, 0.15) is 29.5 Å². The van der Waals surface area contributed by atoms with E-state index in [0.29, 0.717) is 6.54 Å². The minimum Gasteiger partial charge on any atom is -0.352 e. The van der Waals surface area contributed by atoms with Crippen LogP contribution in [0.4, 0.5) is 0 Å². The van der Waals surface area contributed by atoms with E-state index in [1.165, 1.54) is 16.7 Å². The summed E-state index contributed by atoms with van der Waals surface area (Å²) in [7, 11) is 2.19. The van der Waals surface area contributed by atoms with Crippen LogP contribution in [0.3, 0.4) is 0 Å². The maximum Gasteiger partial charge on any atom is 0.224 e. The number of benzene rings is 2. The lowest BCUT2D eigenvalue weighted by molar-refractivity contribution is -0.126. The number of nitrogens with one attached hydrogen (secondary N) is 1. The number of likely N-dealkylation sites (N-methyl/N-ethyl adjacent to an activating group) is 1. The predicted molar refractivity (Wildman–Crippen MR) is 126 cm³/mol. The number of rotatable bonds is 7. The lowest BCUT2D eigenvalue weighted by atomic mass is 9.96. The molecule has 0 bridgehead atoms. The van der Waals surface area contributed by atoms with E-state index in [1.807, 2.05) is 0 Å². The third-order valence-electron chi connectivity index (χ3n) is 6.59. The van der Waals surface area contributed by atoms with Crippen LogP contribution in [0.2, 0.25) is 0 Å². The molecular formula is C26H36N4O. The van der Waals surface area contributed by atoms with Crippen molar-refractivity contribution >= 4 is 5.91 Å². The number of piperazine rings is 1. The van der Waals surface area contributed by atoms with Gasteiger partial charge in [0, 0.05) is 52.4 Å². The van der Waals surface area contributed by atoms with Crippen molar-refractivity contribution in [2.75, 3.05) is 46.3 Å². The van der Waals surface area contributed by atoms with Crippen LogP contribution in [-0.4, -0.2) is 66.9 Å². The highest BCUT2D eigenvalue weighted by molar-refractivity contribution is 5.79. The zero-order valence-electron chi connectivity index (χ0n) is 18.8. The Morgan fingerprint density at radius 2 is 1.58 bits per heavy atom. The van der Waals surface area contributed by atoms with Crippen molar-refractivity contribution in [2.24, 2.45) is 5.92 Å². The maximum absolute atomic E-state index is 12.9. The van der Waals surface area contributed by atoms with Gasteiger partial charge < -0.3 is 10.2 Å². The van der Waals surface area contributed by atoms with Gasteiger partial charge in [0.2, 0.25) is 5.91 Å². The molecule has 4 rings (SSSR count). The molecular weight excluding hydrogens is 384 g/mol. The fourth-order valence-corrected chi connectivity index (χ4v) is 4.69. The Hall–Kier alpha value is -2.21. The maximum atomic E-state index is 12.9. The average molecular weight is 421 g/mol. The number of piperidine rings is 1. The van der Waals surface area contributed by atoms with Gasteiger partial charge in [-0.15, -0.1) is 0 Å². The average Bonchev–Trinajstić information content (AvgIpc) is 2.80. The van der Waals surface area contributed by atoms with E-state index < -0.39 is 0 Å². The smallest absolute Gasteiger partial charge is 0.224 e. The van der Waals surface area contributed by atoms with Gasteiger partial charge in [-0.25, -0.2) is 0 Å². The first-order valence-corrected chi connectivity index (χ1v) is 11.7. The monoisotopic (exact) mass is 420 g/mol. The van der Waals surface area contributed by atoms with Crippen molar-refractivity contribution in [3.8, 4) is 0 Å². The summed E-state index contributed by atoms with van der Waals surface area (Å²) < 4.78 is 0. The third-order valence-corrected chi connectivity index (χ3v) is 6.59. The Bertz CT molecular complexity index is 832. The number of carbonyl (C=O) groups excluding carboxylic acids is 1. The highest BCUT2D eigenvalue weighted by Crippen LogP contribution is 2.19. The normalized spacial score (nSPS) is 21.1. The van der Waals surface area contributed by atoms with E-state index in [-0.39, 0.29) is 11.8 Å². The van der Waals surface area contributed by atoms with Crippen LogP contribution in [0.15, 0.2) is 54.6 Å². The molecule has 31 heavy (non-hydrogen) atoms. The second kappa shape index (κ2) is 10.9. The molecule has 2 aliphatic rings. The molecule has 5 nitrogen and oxygen atoms in total. The summed E-state index contributed by atoms with van der Waals surface area (Å²) in [6, 6.07) is 19.2. The largest absolute Gasteiger partial charge is 0.352 e. The van der Waals surface area contributed by atoms with Crippen LogP contribution in [-0.2, 0) is 24.4 Å². The van der Waals surface area contributed by atoms with E-state index in [1.54, 1.807) is 0 Å². The molecule has 0 spiro atoms. The van der Waals surface area contributed by atoms with Gasteiger partial charge >= 0.3 is 0 Å². The molecule has 2 aromatic rings. The Kier molecular flexibility index (Phi) is 7.73. The minimum atomic E-state index is 0.0889. The number of hydrogen-bond donors (Lipinski definition) is 1. The molecule has 1 amide bonds. The SMILES string of the molecule is CN1CCN(Cc2cccc(CNC(=O)C3CCCN(Cc4ccccc4)C3)c2)CC1. The third kappa shape index (κ3) is 6.63. The molecule has 2 aliphatic heterocycles. The molecule has 0 aromatic heterocycles. The van der Waals surface area contributed by atoms with Gasteiger partial charge in [-0.1, -0.05) is 54.6 Å². The zero-order valence-corrected chi connectivity index (χ0v) is 18.8. The lowest BCUT2D eigenvalue weighted by Crippen LogP contribution is -2.43. The summed E-state index contributed by atoms with van der Waals surface area (Å²) in [6.07, 6.45) is 2.08. The summed E-state index contributed by atoms with van der Waals surface area (Å²) in [4.78, 5) is 20.2. The molecule has 0 saturated carbocycles. The Morgan fingerprint density at radius 3 is 2.39 bits per heavy atom. The van der Waals surface area contributed by atoms with E-state index in [9.17, 15) is 4.79 Å². The van der Waals surface area contributed by atoms with Crippen molar-refractivity contribution in [1.82, 2.24) is 20.0 Å². The topological polar surface area (TPSA) is 38.8 Å². The summed E-state index contributed by atoms with van der Waals surface area (Å²) in [5.41, 5.74) is 3.85. The number of hydrogen-bond acceptors (Lipinski definition) is 4. The second-order valence-corrected chi connectivity index (χ2v) is 9.18. The van der Waals surface area contributed by atoms with E-state index in [2.05, 4.69) is 81.7 Å². The molecule has 2 saturated heterocycles. The number of amides is 1. The standard InChI is InChI=1S/C26H36N4O/c1-28-13-15-29(16-14-28)20-24-10-5-9-23(17-24)18-27-26(31)25-11-6-12-30(21-25)19-22-7-3-2-4-8-22/h2-5,7-10,17,25H,6,11-16,18-21H2,1H3,(H,27,31). The summed E-state index contributed by atoms with van der Waals surface area (Å²) in [6.45, 7) is 8.99. The molecule has 1 unspecified atom stereocenters. The van der Waals surface area contributed by atoms with Gasteiger partial charge in [0.1, 0.15) is 0 Å². The first kappa shape index (κ1) is 22.0. The van der Waals surface area contributed by atoms with E-state index in [4.69, 9.17) is 0 Å². The highest BCUT2D eigenvalue weighted by Gasteiger charge is 2.25. The van der Waals surface area contributed by atoms with Crippen LogP contribution >= 0.6 is 0 Å². The molecule has 2 aromatic carbocycles. The number of carbonyl (C=O) groups is 1. The lowest BCUT2D eigenvalue weighted by Gasteiger charge is -2.32. The van der Waals surface area contributed by atoms with Gasteiger partial charge in [0.05, 0.1) is 5.92 Å². The van der Waals surface area contributed by atoms with Gasteiger partial charge in [0.15, 0.2) is 0 Å². The van der Waals surface area contributed by atoms with Crippen molar-refractivity contribution in [3.05, 3.63) is 71.3 Å². The van der Waals surface area contributed by atoms with Crippen LogP contribution < -0.4 is 5.32 Å². The molecule has 0 aliphatic carbocycles. The molecule has 5 heteroatoms. The van der Waals surface area contributed by atoms with Crippen molar-refractivity contribution in [3.63, 3.8) is 0 Å². The molecule has 1 atom stereocenters. The number of likely N-dealkylation sites (tertiary alicyclic amines) is 1. The molecule has 0 radical (unpaired) electrons. The van der Waals surface area contributed by atoms with Crippen LogP contribution in [0, 0.1) is 5.92 Å². The molecule has 1 N–H and O–H groups in total. The minimum absolute atomic E-state index is 0.0889. The van der Waals surface area contributed by atoms with Gasteiger partial charge in [0.25, 0.3) is 0 Å². The highest BCUT2D eigenvalue weighted by atomic mass is 16.1. The Labute approximate surface area is 187 Å². The summed E-state index contributed by atoms with van der Waals surface area (Å²) >= 11 is 0. The van der Waals surface area contributed by atoms with Crippen molar-refractivity contribution in [2.45, 2.75) is 32.5 Å². The predicted octanol–water partition coefficient (Wildman–Crippen LogP) is 2.96. The first-order valence-electron chi connectivity index (χ1n) is 11.7.